The number of Topliss-reactive ketones (excluding diaryl/α,β-unsaturated/α-hetero) is 1. The molecule has 0 radical (unpaired) electrons. The number of carbonyl (C=O) groups is 2. The number of allylic oxidation sites excluding steroid dienone is 2. The van der Waals surface area contributed by atoms with Crippen molar-refractivity contribution in [1.82, 2.24) is 15.2 Å². The molecule has 0 spiro atoms. The highest BCUT2D eigenvalue weighted by Crippen LogP contribution is 2.54. The zero-order valence-electron chi connectivity index (χ0n) is 14.4. The molecular formula is C18H17ClN4O4. The molecule has 0 aromatic carbocycles. The van der Waals surface area contributed by atoms with Gasteiger partial charge in [0.2, 0.25) is 11.6 Å². The van der Waals surface area contributed by atoms with Gasteiger partial charge in [0.05, 0.1) is 41.8 Å². The van der Waals surface area contributed by atoms with E-state index in [1.54, 1.807) is 19.2 Å². The number of hydrogen-bond acceptors (Lipinski definition) is 8. The molecule has 4 aliphatic rings. The van der Waals surface area contributed by atoms with Gasteiger partial charge in [-0.3, -0.25) is 9.59 Å². The second kappa shape index (κ2) is 5.62. The van der Waals surface area contributed by atoms with E-state index in [9.17, 15) is 14.7 Å². The summed E-state index contributed by atoms with van der Waals surface area (Å²) >= 11 is 5.79. The lowest BCUT2D eigenvalue weighted by Crippen LogP contribution is -2.54. The lowest BCUT2D eigenvalue weighted by atomic mass is 9.84. The van der Waals surface area contributed by atoms with E-state index in [1.807, 2.05) is 4.90 Å². The average Bonchev–Trinajstić information content (AvgIpc) is 3.26. The summed E-state index contributed by atoms with van der Waals surface area (Å²) in [6.45, 7) is 0.285. The molecule has 4 unspecified atom stereocenters. The Morgan fingerprint density at radius 2 is 2.30 bits per heavy atom. The molecule has 3 N–H and O–H groups in total. The van der Waals surface area contributed by atoms with Gasteiger partial charge in [0.15, 0.2) is 5.72 Å². The van der Waals surface area contributed by atoms with Gasteiger partial charge in [-0.15, -0.1) is 0 Å². The number of carbonyl (C=O) groups excluding carboxylic acids is 2. The number of aromatic nitrogens is 1. The van der Waals surface area contributed by atoms with Crippen molar-refractivity contribution >= 4 is 28.9 Å². The molecule has 27 heavy (non-hydrogen) atoms. The fraction of sp³-hybridized carbons (Fsp3) is 0.389. The van der Waals surface area contributed by atoms with Crippen LogP contribution in [0.4, 0.5) is 5.69 Å². The van der Waals surface area contributed by atoms with E-state index >= 15 is 0 Å². The summed E-state index contributed by atoms with van der Waals surface area (Å²) in [6, 6.07) is 3.46. The monoisotopic (exact) mass is 388 g/mol. The molecule has 1 aromatic rings. The molecule has 0 amide bonds. The molecule has 8 nitrogen and oxygen atoms in total. The highest BCUT2D eigenvalue weighted by atomic mass is 35.5. The lowest BCUT2D eigenvalue weighted by Gasteiger charge is -2.39. The van der Waals surface area contributed by atoms with Crippen LogP contribution in [0, 0.1) is 5.92 Å². The van der Waals surface area contributed by atoms with E-state index < -0.39 is 11.6 Å². The Bertz CT molecular complexity index is 928. The summed E-state index contributed by atoms with van der Waals surface area (Å²) in [5, 5.41) is 16.7. The van der Waals surface area contributed by atoms with E-state index in [0.29, 0.717) is 28.7 Å². The third-order valence-corrected chi connectivity index (χ3v) is 6.04. The number of halogens is 1. The molecule has 0 saturated carbocycles. The number of hydrogen-bond donors (Lipinski definition) is 3. The first kappa shape index (κ1) is 16.9. The van der Waals surface area contributed by atoms with Crippen LogP contribution in [0.1, 0.15) is 0 Å². The first-order chi connectivity index (χ1) is 13.0. The van der Waals surface area contributed by atoms with Crippen LogP contribution in [0.15, 0.2) is 41.4 Å². The minimum Gasteiger partial charge on any atom is -0.396 e. The molecule has 140 valence electrons. The van der Waals surface area contributed by atoms with Gasteiger partial charge in [0, 0.05) is 31.3 Å². The van der Waals surface area contributed by atoms with Crippen LogP contribution in [0.5, 0.6) is 0 Å². The Morgan fingerprint density at radius 1 is 1.48 bits per heavy atom. The molecule has 4 atom stereocenters. The van der Waals surface area contributed by atoms with Crippen molar-refractivity contribution in [2.45, 2.75) is 17.8 Å². The number of nitrogens with one attached hydrogen (secondary N) is 2. The van der Waals surface area contributed by atoms with E-state index in [-0.39, 0.29) is 36.0 Å². The van der Waals surface area contributed by atoms with E-state index in [1.165, 1.54) is 12.3 Å². The van der Waals surface area contributed by atoms with Gasteiger partial charge in [0.25, 0.3) is 0 Å². The molecule has 9 heteroatoms. The molecule has 4 heterocycles. The SMILES string of the molecule is COC12C(CO)C3=C(C(=O)C=C(Nc4ccc(Cl)nc4)C3=O)N1CC1NC12. The Labute approximate surface area is 159 Å². The van der Waals surface area contributed by atoms with Crippen LogP contribution < -0.4 is 10.6 Å². The van der Waals surface area contributed by atoms with Crippen LogP contribution in [-0.4, -0.2) is 64.6 Å². The Hall–Kier alpha value is -2.26. The fourth-order valence-electron chi connectivity index (χ4n) is 4.68. The van der Waals surface area contributed by atoms with Gasteiger partial charge >= 0.3 is 0 Å². The summed E-state index contributed by atoms with van der Waals surface area (Å²) in [7, 11) is 1.55. The van der Waals surface area contributed by atoms with Crippen molar-refractivity contribution in [1.29, 1.82) is 0 Å². The second-order valence-electron chi connectivity index (χ2n) is 7.06. The Balaban J connectivity index is 1.52. The molecule has 5 rings (SSSR count). The van der Waals surface area contributed by atoms with Crippen LogP contribution >= 0.6 is 11.6 Å². The molecule has 0 bridgehead atoms. The fourth-order valence-corrected chi connectivity index (χ4v) is 4.79. The molecule has 3 aliphatic heterocycles. The van der Waals surface area contributed by atoms with Gasteiger partial charge in [0.1, 0.15) is 5.15 Å². The van der Waals surface area contributed by atoms with E-state index in [4.69, 9.17) is 16.3 Å². The highest BCUT2D eigenvalue weighted by Gasteiger charge is 2.72. The molecule has 2 saturated heterocycles. The largest absolute Gasteiger partial charge is 0.396 e. The van der Waals surface area contributed by atoms with Gasteiger partial charge in [-0.25, -0.2) is 4.98 Å². The number of ether oxygens (including phenoxy) is 1. The van der Waals surface area contributed by atoms with Gasteiger partial charge in [-0.1, -0.05) is 11.6 Å². The van der Waals surface area contributed by atoms with Crippen molar-refractivity contribution in [3.8, 4) is 0 Å². The predicted molar refractivity (Wildman–Crippen MR) is 95.7 cm³/mol. The third-order valence-electron chi connectivity index (χ3n) is 5.82. The quantitative estimate of drug-likeness (QED) is 0.377. The summed E-state index contributed by atoms with van der Waals surface area (Å²) < 4.78 is 5.82. The van der Waals surface area contributed by atoms with Crippen molar-refractivity contribution < 1.29 is 19.4 Å². The number of pyridine rings is 1. The van der Waals surface area contributed by atoms with Crippen molar-refractivity contribution in [2.75, 3.05) is 25.6 Å². The van der Waals surface area contributed by atoms with E-state index in [0.717, 1.165) is 0 Å². The number of nitrogens with zero attached hydrogens (tertiary/aromatic N) is 2. The van der Waals surface area contributed by atoms with Crippen molar-refractivity contribution in [3.05, 3.63) is 46.5 Å². The van der Waals surface area contributed by atoms with Crippen LogP contribution in [0.2, 0.25) is 5.15 Å². The molecule has 2 fully saturated rings. The first-order valence-electron chi connectivity index (χ1n) is 8.64. The maximum atomic E-state index is 13.2. The first-order valence-corrected chi connectivity index (χ1v) is 9.02. The summed E-state index contributed by atoms with van der Waals surface area (Å²) in [5.74, 6) is -1.19. The zero-order chi connectivity index (χ0) is 18.9. The second-order valence-corrected chi connectivity index (χ2v) is 7.45. The standard InChI is InChI=1S/C18H17ClN4O4/c1-27-18-9(7-24)14-15(23(18)6-11-17(18)22-11)12(25)4-10(16(14)26)21-8-2-3-13(19)20-5-8/h2-5,9,11,17,21-22,24H,6-7H2,1H3. The average molecular weight is 389 g/mol. The number of piperazine rings is 1. The molecule has 1 aromatic heterocycles. The molecule has 1 aliphatic carbocycles. The number of aliphatic hydroxyl groups is 1. The van der Waals surface area contributed by atoms with Gasteiger partial charge in [-0.05, 0) is 12.1 Å². The van der Waals surface area contributed by atoms with Crippen LogP contribution in [-0.2, 0) is 14.3 Å². The zero-order valence-corrected chi connectivity index (χ0v) is 15.2. The summed E-state index contributed by atoms with van der Waals surface area (Å²) in [5.41, 5.74) is 0.438. The minimum absolute atomic E-state index is 0.0114. The Kier molecular flexibility index (Phi) is 3.51. The number of anilines is 1. The number of fused-ring (bicyclic) bond motifs is 4. The van der Waals surface area contributed by atoms with Crippen LogP contribution in [0.25, 0.3) is 0 Å². The summed E-state index contributed by atoms with van der Waals surface area (Å²) in [6.07, 6.45) is 2.78. The number of aliphatic hydroxyl groups excluding tert-OH is 1. The minimum atomic E-state index is -0.902. The van der Waals surface area contributed by atoms with Gasteiger partial charge in [-0.2, -0.15) is 0 Å². The summed E-state index contributed by atoms with van der Waals surface area (Å²) in [4.78, 5) is 31.9. The smallest absolute Gasteiger partial charge is 0.208 e. The van der Waals surface area contributed by atoms with Gasteiger partial charge < -0.3 is 25.4 Å². The normalized spacial score (nSPS) is 33.7. The van der Waals surface area contributed by atoms with Crippen molar-refractivity contribution in [2.24, 2.45) is 5.92 Å². The third kappa shape index (κ3) is 2.12. The van der Waals surface area contributed by atoms with Crippen molar-refractivity contribution in [3.63, 3.8) is 0 Å². The van der Waals surface area contributed by atoms with Crippen LogP contribution in [0.3, 0.4) is 0 Å². The maximum absolute atomic E-state index is 13.2. The Morgan fingerprint density at radius 3 is 2.96 bits per heavy atom. The topological polar surface area (TPSA) is 114 Å². The maximum Gasteiger partial charge on any atom is 0.208 e. The highest BCUT2D eigenvalue weighted by molar-refractivity contribution is 6.29. The number of rotatable bonds is 4. The van der Waals surface area contributed by atoms with E-state index in [2.05, 4.69) is 15.6 Å². The molecular weight excluding hydrogens is 372 g/mol. The number of ketones is 2. The lowest BCUT2D eigenvalue weighted by molar-refractivity contribution is -0.136. The number of methoxy groups -OCH3 is 1. The predicted octanol–water partition coefficient (Wildman–Crippen LogP) is 0.0575.